The van der Waals surface area contributed by atoms with Crippen molar-refractivity contribution in [3.63, 3.8) is 0 Å². The maximum absolute atomic E-state index is 12.9. The lowest BCUT2D eigenvalue weighted by atomic mass is 10.3. The lowest BCUT2D eigenvalue weighted by Crippen LogP contribution is -2.18. The molecule has 0 fully saturated rings. The summed E-state index contributed by atoms with van der Waals surface area (Å²) in [6.07, 6.45) is 2.78. The number of hydrogen-bond acceptors (Lipinski definition) is 4. The first-order valence-corrected chi connectivity index (χ1v) is 5.29. The first-order chi connectivity index (χ1) is 9.04. The first-order valence-electron chi connectivity index (χ1n) is 5.29. The van der Waals surface area contributed by atoms with E-state index < -0.39 is 17.8 Å². The molecule has 0 saturated carbocycles. The van der Waals surface area contributed by atoms with Crippen LogP contribution in [-0.4, -0.2) is 26.6 Å². The molecule has 0 aliphatic rings. The first kappa shape index (κ1) is 12.7. The molecular formula is C11H10FN5O2. The molecule has 0 radical (unpaired) electrons. The Bertz CT molecular complexity index is 625. The van der Waals surface area contributed by atoms with E-state index in [2.05, 4.69) is 15.4 Å². The van der Waals surface area contributed by atoms with E-state index in [4.69, 9.17) is 5.73 Å². The minimum atomic E-state index is -0.739. The van der Waals surface area contributed by atoms with Crippen LogP contribution < -0.4 is 11.1 Å². The summed E-state index contributed by atoms with van der Waals surface area (Å²) in [6.45, 7) is -0.0892. The van der Waals surface area contributed by atoms with Crippen LogP contribution in [0.1, 0.15) is 10.5 Å². The second-order valence-electron chi connectivity index (χ2n) is 3.69. The fourth-order valence-corrected chi connectivity index (χ4v) is 1.40. The number of nitrogens with zero attached hydrogens (tertiary/aromatic N) is 3. The van der Waals surface area contributed by atoms with E-state index in [0.29, 0.717) is 5.69 Å². The summed E-state index contributed by atoms with van der Waals surface area (Å²) >= 11 is 0. The SMILES string of the molecule is NC(=O)Cn1cc(NC(=O)c2cccc(F)n2)cn1. The Hall–Kier alpha value is -2.77. The van der Waals surface area contributed by atoms with Crippen molar-refractivity contribution >= 4 is 17.5 Å². The van der Waals surface area contributed by atoms with E-state index in [1.165, 1.54) is 29.2 Å². The average Bonchev–Trinajstić information content (AvgIpc) is 2.75. The zero-order valence-electron chi connectivity index (χ0n) is 9.71. The van der Waals surface area contributed by atoms with Crippen molar-refractivity contribution in [2.75, 3.05) is 5.32 Å². The highest BCUT2D eigenvalue weighted by Crippen LogP contribution is 2.07. The molecule has 7 nitrogen and oxygen atoms in total. The molecule has 8 heteroatoms. The number of carbonyl (C=O) groups is 2. The predicted molar refractivity (Wildman–Crippen MR) is 63.6 cm³/mol. The topological polar surface area (TPSA) is 103 Å². The molecule has 0 aliphatic carbocycles. The van der Waals surface area contributed by atoms with E-state index in [1.54, 1.807) is 0 Å². The molecular weight excluding hydrogens is 253 g/mol. The number of nitrogens with two attached hydrogens (primary N) is 1. The number of rotatable bonds is 4. The van der Waals surface area contributed by atoms with Gasteiger partial charge in [0.05, 0.1) is 11.9 Å². The molecule has 2 aromatic heterocycles. The van der Waals surface area contributed by atoms with Crippen molar-refractivity contribution in [3.8, 4) is 0 Å². The van der Waals surface area contributed by atoms with Gasteiger partial charge in [-0.05, 0) is 12.1 Å². The van der Waals surface area contributed by atoms with Gasteiger partial charge >= 0.3 is 0 Å². The van der Waals surface area contributed by atoms with E-state index in [-0.39, 0.29) is 12.2 Å². The Morgan fingerprint density at radius 3 is 2.89 bits per heavy atom. The van der Waals surface area contributed by atoms with E-state index >= 15 is 0 Å². The Balaban J connectivity index is 2.06. The monoisotopic (exact) mass is 263 g/mol. The van der Waals surface area contributed by atoms with Crippen LogP contribution in [0.25, 0.3) is 0 Å². The number of halogens is 1. The molecule has 0 spiro atoms. The van der Waals surface area contributed by atoms with Gasteiger partial charge in [0.15, 0.2) is 0 Å². The molecule has 0 atom stereocenters. The number of hydrogen-bond donors (Lipinski definition) is 2. The Labute approximate surface area is 107 Å². The van der Waals surface area contributed by atoms with Crippen LogP contribution in [0, 0.1) is 5.95 Å². The van der Waals surface area contributed by atoms with Crippen molar-refractivity contribution in [2.45, 2.75) is 6.54 Å². The third-order valence-corrected chi connectivity index (χ3v) is 2.16. The smallest absolute Gasteiger partial charge is 0.274 e. The lowest BCUT2D eigenvalue weighted by Gasteiger charge is -2.01. The maximum Gasteiger partial charge on any atom is 0.274 e. The number of carbonyl (C=O) groups excluding carboxylic acids is 2. The third kappa shape index (κ3) is 3.35. The van der Waals surface area contributed by atoms with Crippen LogP contribution in [-0.2, 0) is 11.3 Å². The quantitative estimate of drug-likeness (QED) is 0.766. The molecule has 19 heavy (non-hydrogen) atoms. The van der Waals surface area contributed by atoms with Gasteiger partial charge in [0.25, 0.3) is 5.91 Å². The zero-order chi connectivity index (χ0) is 13.8. The maximum atomic E-state index is 12.9. The highest BCUT2D eigenvalue weighted by molar-refractivity contribution is 6.02. The summed E-state index contributed by atoms with van der Waals surface area (Å²) in [6, 6.07) is 3.90. The van der Waals surface area contributed by atoms with Gasteiger partial charge in [-0.25, -0.2) is 4.98 Å². The van der Waals surface area contributed by atoms with Crippen LogP contribution in [0.4, 0.5) is 10.1 Å². The van der Waals surface area contributed by atoms with Gasteiger partial charge in [-0.2, -0.15) is 9.49 Å². The highest BCUT2D eigenvalue weighted by Gasteiger charge is 2.10. The molecule has 0 saturated heterocycles. The minimum absolute atomic E-state index is 0.0531. The molecule has 2 heterocycles. The number of nitrogens with one attached hydrogen (secondary N) is 1. The van der Waals surface area contributed by atoms with Crippen LogP contribution >= 0.6 is 0 Å². The zero-order valence-corrected chi connectivity index (χ0v) is 9.71. The van der Waals surface area contributed by atoms with Crippen LogP contribution in [0.15, 0.2) is 30.6 Å². The third-order valence-electron chi connectivity index (χ3n) is 2.16. The van der Waals surface area contributed by atoms with E-state index in [0.717, 1.165) is 6.07 Å². The molecule has 98 valence electrons. The van der Waals surface area contributed by atoms with E-state index in [9.17, 15) is 14.0 Å². The largest absolute Gasteiger partial charge is 0.368 e. The van der Waals surface area contributed by atoms with Crippen molar-refractivity contribution in [2.24, 2.45) is 5.73 Å². The summed E-state index contributed by atoms with van der Waals surface area (Å²) in [5, 5.41) is 6.30. The van der Waals surface area contributed by atoms with Crippen LogP contribution in [0.3, 0.4) is 0 Å². The predicted octanol–water partition coefficient (Wildman–Crippen LogP) is 0.155. The minimum Gasteiger partial charge on any atom is -0.368 e. The van der Waals surface area contributed by atoms with Crippen LogP contribution in [0.2, 0.25) is 0 Å². The van der Waals surface area contributed by atoms with Crippen LogP contribution in [0.5, 0.6) is 0 Å². The molecule has 0 bridgehead atoms. The summed E-state index contributed by atoms with van der Waals surface area (Å²) in [4.78, 5) is 25.9. The van der Waals surface area contributed by atoms with Gasteiger partial charge in [-0.1, -0.05) is 6.07 Å². The molecule has 2 aromatic rings. The second kappa shape index (κ2) is 5.25. The van der Waals surface area contributed by atoms with Crippen molar-refractivity contribution in [1.29, 1.82) is 0 Å². The van der Waals surface area contributed by atoms with Gasteiger partial charge in [0, 0.05) is 6.20 Å². The highest BCUT2D eigenvalue weighted by atomic mass is 19.1. The summed E-state index contributed by atoms with van der Waals surface area (Å²) < 4.78 is 14.1. The fraction of sp³-hybridized carbons (Fsp3) is 0.0909. The van der Waals surface area contributed by atoms with Gasteiger partial charge < -0.3 is 11.1 Å². The Morgan fingerprint density at radius 2 is 2.21 bits per heavy atom. The van der Waals surface area contributed by atoms with E-state index in [1.807, 2.05) is 0 Å². The number of amides is 2. The number of primary amides is 1. The summed E-state index contributed by atoms with van der Waals surface area (Å²) in [5.74, 6) is -1.86. The Kier molecular flexibility index (Phi) is 3.51. The second-order valence-corrected chi connectivity index (χ2v) is 3.69. The average molecular weight is 263 g/mol. The van der Waals surface area contributed by atoms with Gasteiger partial charge in [-0.3, -0.25) is 14.3 Å². The number of aromatic nitrogens is 3. The molecule has 2 rings (SSSR count). The molecule has 2 amide bonds. The number of pyridine rings is 1. The van der Waals surface area contributed by atoms with Crippen molar-refractivity contribution in [1.82, 2.24) is 14.8 Å². The molecule has 0 aliphatic heterocycles. The molecule has 0 aromatic carbocycles. The lowest BCUT2D eigenvalue weighted by molar-refractivity contribution is -0.118. The molecule has 3 N–H and O–H groups in total. The summed E-state index contributed by atoms with van der Waals surface area (Å²) in [7, 11) is 0. The number of anilines is 1. The fourth-order valence-electron chi connectivity index (χ4n) is 1.40. The standard InChI is InChI=1S/C11H10FN5O2/c12-9-3-1-2-8(16-9)11(19)15-7-4-14-17(5-7)6-10(13)18/h1-5H,6H2,(H2,13,18)(H,15,19). The normalized spacial score (nSPS) is 10.2. The molecule has 0 unspecified atom stereocenters. The van der Waals surface area contributed by atoms with Crippen molar-refractivity contribution < 1.29 is 14.0 Å². The summed E-state index contributed by atoms with van der Waals surface area (Å²) in [5.41, 5.74) is 5.31. The van der Waals surface area contributed by atoms with Gasteiger partial charge in [0.2, 0.25) is 11.9 Å². The van der Waals surface area contributed by atoms with Gasteiger partial charge in [0.1, 0.15) is 12.2 Å². The Morgan fingerprint density at radius 1 is 1.42 bits per heavy atom. The van der Waals surface area contributed by atoms with Gasteiger partial charge in [-0.15, -0.1) is 0 Å². The van der Waals surface area contributed by atoms with Crippen molar-refractivity contribution in [3.05, 3.63) is 42.2 Å².